The first kappa shape index (κ1) is 13.2. The van der Waals surface area contributed by atoms with Crippen molar-refractivity contribution in [2.75, 3.05) is 17.7 Å². The summed E-state index contributed by atoms with van der Waals surface area (Å²) in [5.74, 6) is -0.0517. The molecule has 4 heteroatoms. The largest absolute Gasteiger partial charge is 0.397 e. The molecule has 0 radical (unpaired) electrons. The Morgan fingerprint density at radius 1 is 1.37 bits per heavy atom. The molecule has 1 amide bonds. The Balaban J connectivity index is 2.33. The number of rotatable bonds is 3. The number of nitrogens with zero attached hydrogens (tertiary/aromatic N) is 2. The Hall–Kier alpha value is -2.23. The molecule has 19 heavy (non-hydrogen) atoms. The molecule has 0 aliphatic heterocycles. The zero-order valence-electron chi connectivity index (χ0n) is 11.6. The fourth-order valence-corrected chi connectivity index (χ4v) is 2.10. The maximum absolute atomic E-state index is 12.5. The maximum atomic E-state index is 12.5. The number of hydrogen-bond donors (Lipinski definition) is 1. The van der Waals surface area contributed by atoms with Crippen LogP contribution >= 0.6 is 0 Å². The summed E-state index contributed by atoms with van der Waals surface area (Å²) in [6.45, 7) is 4.72. The molecule has 0 fully saturated rings. The predicted octanol–water partition coefficient (Wildman–Crippen LogP) is 2.68. The van der Waals surface area contributed by atoms with Crippen molar-refractivity contribution in [3.8, 4) is 0 Å². The number of carbonyl (C=O) groups excluding carboxylic acids is 1. The number of nitrogens with two attached hydrogens (primary N) is 1. The number of nitrogen functional groups attached to an aromatic ring is 1. The summed E-state index contributed by atoms with van der Waals surface area (Å²) < 4.78 is 1.87. The van der Waals surface area contributed by atoms with E-state index >= 15 is 0 Å². The Kier molecular flexibility index (Phi) is 3.60. The van der Waals surface area contributed by atoms with Gasteiger partial charge in [0, 0.05) is 25.5 Å². The Morgan fingerprint density at radius 3 is 2.74 bits per heavy atom. The van der Waals surface area contributed by atoms with Crippen molar-refractivity contribution >= 4 is 17.3 Å². The SMILES string of the molecule is CCn1cc(N)cc1C(=O)N(C)c1cccc(C)c1. The van der Waals surface area contributed by atoms with Crippen LogP contribution in [-0.2, 0) is 6.54 Å². The Morgan fingerprint density at radius 2 is 2.11 bits per heavy atom. The number of hydrogen-bond acceptors (Lipinski definition) is 2. The predicted molar refractivity (Wildman–Crippen MR) is 78.4 cm³/mol. The molecule has 2 N–H and O–H groups in total. The third-order valence-electron chi connectivity index (χ3n) is 3.17. The Bertz CT molecular complexity index is 601. The van der Waals surface area contributed by atoms with E-state index in [1.165, 1.54) is 0 Å². The quantitative estimate of drug-likeness (QED) is 0.919. The molecule has 2 aromatic rings. The summed E-state index contributed by atoms with van der Waals surface area (Å²) in [5, 5.41) is 0. The normalized spacial score (nSPS) is 10.5. The topological polar surface area (TPSA) is 51.3 Å². The summed E-state index contributed by atoms with van der Waals surface area (Å²) in [7, 11) is 1.78. The van der Waals surface area contributed by atoms with E-state index in [0.717, 1.165) is 17.8 Å². The van der Waals surface area contributed by atoms with E-state index in [1.807, 2.05) is 42.7 Å². The van der Waals surface area contributed by atoms with Gasteiger partial charge in [-0.2, -0.15) is 0 Å². The molecule has 100 valence electrons. The highest BCUT2D eigenvalue weighted by Crippen LogP contribution is 2.19. The molecular formula is C15H19N3O. The number of amides is 1. The molecule has 1 aromatic heterocycles. The van der Waals surface area contributed by atoms with Gasteiger partial charge in [-0.3, -0.25) is 4.79 Å². The lowest BCUT2D eigenvalue weighted by molar-refractivity contribution is 0.0984. The van der Waals surface area contributed by atoms with Gasteiger partial charge in [0.25, 0.3) is 5.91 Å². The smallest absolute Gasteiger partial charge is 0.274 e. The Labute approximate surface area is 113 Å². The van der Waals surface area contributed by atoms with Crippen molar-refractivity contribution in [2.45, 2.75) is 20.4 Å². The van der Waals surface area contributed by atoms with Crippen LogP contribution in [0.15, 0.2) is 36.5 Å². The molecule has 0 atom stereocenters. The van der Waals surface area contributed by atoms with Crippen LogP contribution in [0, 0.1) is 6.92 Å². The van der Waals surface area contributed by atoms with E-state index in [1.54, 1.807) is 24.2 Å². The summed E-state index contributed by atoms with van der Waals surface area (Å²) in [4.78, 5) is 14.1. The third kappa shape index (κ3) is 2.62. The first-order valence-electron chi connectivity index (χ1n) is 6.33. The van der Waals surface area contributed by atoms with Crippen molar-refractivity contribution in [3.63, 3.8) is 0 Å². The molecule has 0 saturated heterocycles. The van der Waals surface area contributed by atoms with Crippen LogP contribution in [0.2, 0.25) is 0 Å². The molecule has 0 saturated carbocycles. The first-order valence-corrected chi connectivity index (χ1v) is 6.33. The van der Waals surface area contributed by atoms with Crippen LogP contribution in [0.25, 0.3) is 0 Å². The molecule has 2 rings (SSSR count). The summed E-state index contributed by atoms with van der Waals surface area (Å²) >= 11 is 0. The maximum Gasteiger partial charge on any atom is 0.274 e. The van der Waals surface area contributed by atoms with Gasteiger partial charge in [0.2, 0.25) is 0 Å². The number of benzene rings is 1. The van der Waals surface area contributed by atoms with Gasteiger partial charge in [-0.15, -0.1) is 0 Å². The highest BCUT2D eigenvalue weighted by molar-refractivity contribution is 6.05. The lowest BCUT2D eigenvalue weighted by Crippen LogP contribution is -2.28. The second-order valence-corrected chi connectivity index (χ2v) is 4.65. The summed E-state index contributed by atoms with van der Waals surface area (Å²) in [6.07, 6.45) is 1.79. The molecule has 4 nitrogen and oxygen atoms in total. The highest BCUT2D eigenvalue weighted by atomic mass is 16.2. The van der Waals surface area contributed by atoms with Gasteiger partial charge in [0.15, 0.2) is 0 Å². The van der Waals surface area contributed by atoms with Crippen molar-refractivity contribution in [2.24, 2.45) is 0 Å². The number of carbonyl (C=O) groups is 1. The van der Waals surface area contributed by atoms with Crippen molar-refractivity contribution in [1.82, 2.24) is 4.57 Å². The average molecular weight is 257 g/mol. The summed E-state index contributed by atoms with van der Waals surface area (Å²) in [5.41, 5.74) is 9.00. The van der Waals surface area contributed by atoms with E-state index < -0.39 is 0 Å². The minimum atomic E-state index is -0.0517. The van der Waals surface area contributed by atoms with Crippen LogP contribution in [0.4, 0.5) is 11.4 Å². The second-order valence-electron chi connectivity index (χ2n) is 4.65. The number of anilines is 2. The highest BCUT2D eigenvalue weighted by Gasteiger charge is 2.17. The van der Waals surface area contributed by atoms with Gasteiger partial charge in [-0.05, 0) is 37.6 Å². The second kappa shape index (κ2) is 5.18. The van der Waals surface area contributed by atoms with E-state index in [0.29, 0.717) is 11.4 Å². The third-order valence-corrected chi connectivity index (χ3v) is 3.17. The minimum absolute atomic E-state index is 0.0517. The minimum Gasteiger partial charge on any atom is -0.397 e. The zero-order valence-corrected chi connectivity index (χ0v) is 11.6. The van der Waals surface area contributed by atoms with E-state index in [9.17, 15) is 4.79 Å². The zero-order chi connectivity index (χ0) is 14.0. The van der Waals surface area contributed by atoms with Crippen molar-refractivity contribution < 1.29 is 4.79 Å². The van der Waals surface area contributed by atoms with Gasteiger partial charge in [-0.25, -0.2) is 0 Å². The molecular weight excluding hydrogens is 238 g/mol. The molecule has 1 heterocycles. The van der Waals surface area contributed by atoms with Crippen LogP contribution in [-0.4, -0.2) is 17.5 Å². The molecule has 0 aliphatic carbocycles. The van der Waals surface area contributed by atoms with Gasteiger partial charge in [0.05, 0.1) is 5.69 Å². The fourth-order valence-electron chi connectivity index (χ4n) is 2.10. The van der Waals surface area contributed by atoms with Crippen molar-refractivity contribution in [3.05, 3.63) is 47.8 Å². The van der Waals surface area contributed by atoms with Gasteiger partial charge in [-0.1, -0.05) is 12.1 Å². The molecule has 0 unspecified atom stereocenters. The summed E-state index contributed by atoms with van der Waals surface area (Å²) in [6, 6.07) is 9.59. The van der Waals surface area contributed by atoms with Crippen molar-refractivity contribution in [1.29, 1.82) is 0 Å². The van der Waals surface area contributed by atoms with Gasteiger partial charge < -0.3 is 15.2 Å². The lowest BCUT2D eigenvalue weighted by Gasteiger charge is -2.18. The lowest BCUT2D eigenvalue weighted by atomic mass is 10.2. The van der Waals surface area contributed by atoms with Crippen LogP contribution < -0.4 is 10.6 Å². The number of aromatic nitrogens is 1. The first-order chi connectivity index (χ1) is 9.02. The molecule has 0 bridgehead atoms. The standard InChI is InChI=1S/C15H19N3O/c1-4-18-10-12(16)9-14(18)15(19)17(3)13-7-5-6-11(2)8-13/h5-10H,4,16H2,1-3H3. The monoisotopic (exact) mass is 257 g/mol. The van der Waals surface area contributed by atoms with Crippen LogP contribution in [0.3, 0.4) is 0 Å². The number of aryl methyl sites for hydroxylation is 2. The van der Waals surface area contributed by atoms with Gasteiger partial charge in [0.1, 0.15) is 5.69 Å². The van der Waals surface area contributed by atoms with E-state index in [-0.39, 0.29) is 5.91 Å². The van der Waals surface area contributed by atoms with Crippen LogP contribution in [0.5, 0.6) is 0 Å². The molecule has 0 spiro atoms. The average Bonchev–Trinajstić information content (AvgIpc) is 2.78. The van der Waals surface area contributed by atoms with E-state index in [4.69, 9.17) is 5.73 Å². The molecule has 1 aromatic carbocycles. The molecule has 0 aliphatic rings. The fraction of sp³-hybridized carbons (Fsp3) is 0.267. The van der Waals surface area contributed by atoms with Gasteiger partial charge >= 0.3 is 0 Å². The van der Waals surface area contributed by atoms with Crippen LogP contribution in [0.1, 0.15) is 23.0 Å². The van der Waals surface area contributed by atoms with E-state index in [2.05, 4.69) is 0 Å².